The van der Waals surface area contributed by atoms with E-state index < -0.39 is 16.6 Å². The zero-order chi connectivity index (χ0) is 14.0. The second kappa shape index (κ2) is 4.77. The van der Waals surface area contributed by atoms with Crippen LogP contribution in [-0.4, -0.2) is 21.1 Å². The van der Waals surface area contributed by atoms with Crippen molar-refractivity contribution in [3.05, 3.63) is 58.1 Å². The van der Waals surface area contributed by atoms with Crippen LogP contribution in [0.4, 0.5) is 5.69 Å². The van der Waals surface area contributed by atoms with Gasteiger partial charge in [0.05, 0.1) is 10.5 Å². The van der Waals surface area contributed by atoms with E-state index in [1.807, 2.05) is 0 Å². The third kappa shape index (κ3) is 2.52. The fraction of sp³-hybridized carbons (Fsp3) is 0. The fourth-order valence-electron chi connectivity index (χ4n) is 1.65. The maximum atomic E-state index is 10.7. The largest absolute Gasteiger partial charge is 0.502 e. The molecule has 0 fully saturated rings. The minimum absolute atomic E-state index is 0.136. The first-order chi connectivity index (χ1) is 8.99. The third-order valence-electron chi connectivity index (χ3n) is 2.64. The molecule has 0 aliphatic carbocycles. The van der Waals surface area contributed by atoms with Crippen molar-refractivity contribution in [3.8, 4) is 16.9 Å². The van der Waals surface area contributed by atoms with Gasteiger partial charge < -0.3 is 10.2 Å². The normalized spacial score (nSPS) is 10.1. The molecule has 0 unspecified atom stereocenters. The van der Waals surface area contributed by atoms with Crippen LogP contribution in [-0.2, 0) is 0 Å². The van der Waals surface area contributed by atoms with Gasteiger partial charge in [0.2, 0.25) is 0 Å². The summed E-state index contributed by atoms with van der Waals surface area (Å²) < 4.78 is 0. The summed E-state index contributed by atoms with van der Waals surface area (Å²) in [5, 5.41) is 28.8. The van der Waals surface area contributed by atoms with Crippen molar-refractivity contribution >= 4 is 11.7 Å². The van der Waals surface area contributed by atoms with Gasteiger partial charge in [0, 0.05) is 6.07 Å². The molecule has 0 saturated heterocycles. The SMILES string of the molecule is O=C(O)c1ccc(-c2ccc(O)c([N+](=O)[O-])c2)cc1. The highest BCUT2D eigenvalue weighted by atomic mass is 16.6. The average molecular weight is 259 g/mol. The fourth-order valence-corrected chi connectivity index (χ4v) is 1.65. The van der Waals surface area contributed by atoms with Crippen LogP contribution >= 0.6 is 0 Å². The predicted octanol–water partition coefficient (Wildman–Crippen LogP) is 2.67. The van der Waals surface area contributed by atoms with E-state index in [9.17, 15) is 20.0 Å². The van der Waals surface area contributed by atoms with E-state index in [1.165, 1.54) is 30.3 Å². The summed E-state index contributed by atoms with van der Waals surface area (Å²) in [5.74, 6) is -1.45. The highest BCUT2D eigenvalue weighted by Gasteiger charge is 2.14. The van der Waals surface area contributed by atoms with Crippen molar-refractivity contribution in [1.29, 1.82) is 0 Å². The molecule has 2 rings (SSSR count). The number of rotatable bonds is 3. The van der Waals surface area contributed by atoms with Gasteiger partial charge in [-0.1, -0.05) is 18.2 Å². The molecule has 0 aromatic heterocycles. The van der Waals surface area contributed by atoms with E-state index in [1.54, 1.807) is 12.1 Å². The Bertz CT molecular complexity index is 649. The van der Waals surface area contributed by atoms with Crippen LogP contribution in [0.2, 0.25) is 0 Å². The quantitative estimate of drug-likeness (QED) is 0.651. The molecule has 0 aliphatic heterocycles. The van der Waals surface area contributed by atoms with Gasteiger partial charge in [-0.05, 0) is 29.3 Å². The van der Waals surface area contributed by atoms with Crippen LogP contribution in [0.3, 0.4) is 0 Å². The first-order valence-electron chi connectivity index (χ1n) is 5.30. The molecule has 2 aromatic rings. The number of hydrogen-bond acceptors (Lipinski definition) is 4. The van der Waals surface area contributed by atoms with Crippen molar-refractivity contribution in [3.63, 3.8) is 0 Å². The molecule has 0 bridgehead atoms. The molecule has 0 atom stereocenters. The van der Waals surface area contributed by atoms with Crippen LogP contribution in [0.1, 0.15) is 10.4 Å². The molecule has 2 aromatic carbocycles. The van der Waals surface area contributed by atoms with Crippen molar-refractivity contribution in [2.75, 3.05) is 0 Å². The Hall–Kier alpha value is -2.89. The van der Waals surface area contributed by atoms with Gasteiger partial charge in [0.1, 0.15) is 0 Å². The highest BCUT2D eigenvalue weighted by Crippen LogP contribution is 2.31. The number of nitro benzene ring substituents is 1. The number of carboxylic acid groups (broad SMARTS) is 1. The van der Waals surface area contributed by atoms with Gasteiger partial charge >= 0.3 is 11.7 Å². The van der Waals surface area contributed by atoms with Gasteiger partial charge in [-0.25, -0.2) is 4.79 Å². The molecule has 6 heteroatoms. The summed E-state index contributed by atoms with van der Waals surface area (Å²) >= 11 is 0. The van der Waals surface area contributed by atoms with Gasteiger partial charge in [-0.2, -0.15) is 0 Å². The number of phenolic OH excluding ortho intramolecular Hbond substituents is 1. The summed E-state index contributed by atoms with van der Waals surface area (Å²) in [6.45, 7) is 0. The Morgan fingerprint density at radius 3 is 2.16 bits per heavy atom. The Morgan fingerprint density at radius 1 is 1.05 bits per heavy atom. The van der Waals surface area contributed by atoms with Crippen LogP contribution in [0.25, 0.3) is 11.1 Å². The lowest BCUT2D eigenvalue weighted by atomic mass is 10.0. The monoisotopic (exact) mass is 259 g/mol. The second-order valence-electron chi connectivity index (χ2n) is 3.84. The third-order valence-corrected chi connectivity index (χ3v) is 2.64. The van der Waals surface area contributed by atoms with Crippen LogP contribution in [0, 0.1) is 10.1 Å². The lowest BCUT2D eigenvalue weighted by Crippen LogP contribution is -1.95. The standard InChI is InChI=1S/C13H9NO5/c15-12-6-5-10(7-11(12)14(18)19)8-1-3-9(4-2-8)13(16)17/h1-7,15H,(H,16,17). The number of carbonyl (C=O) groups is 1. The van der Waals surface area contributed by atoms with Crippen molar-refractivity contribution < 1.29 is 19.9 Å². The minimum atomic E-state index is -1.04. The zero-order valence-corrected chi connectivity index (χ0v) is 9.61. The first-order valence-corrected chi connectivity index (χ1v) is 5.30. The summed E-state index contributed by atoms with van der Waals surface area (Å²) in [4.78, 5) is 20.8. The molecular formula is C13H9NO5. The minimum Gasteiger partial charge on any atom is -0.502 e. The lowest BCUT2D eigenvalue weighted by Gasteiger charge is -2.03. The Kier molecular flexibility index (Phi) is 3.15. The predicted molar refractivity (Wildman–Crippen MR) is 67.2 cm³/mol. The zero-order valence-electron chi connectivity index (χ0n) is 9.61. The van der Waals surface area contributed by atoms with Crippen LogP contribution in [0.5, 0.6) is 5.75 Å². The summed E-state index contributed by atoms with van der Waals surface area (Å²) in [6.07, 6.45) is 0. The lowest BCUT2D eigenvalue weighted by molar-refractivity contribution is -0.385. The molecule has 0 spiro atoms. The molecular weight excluding hydrogens is 250 g/mol. The van der Waals surface area contributed by atoms with E-state index in [0.717, 1.165) is 0 Å². The van der Waals surface area contributed by atoms with Crippen LogP contribution < -0.4 is 0 Å². The number of aromatic hydroxyl groups is 1. The molecule has 96 valence electrons. The summed E-state index contributed by atoms with van der Waals surface area (Å²) in [7, 11) is 0. The topological polar surface area (TPSA) is 101 Å². The molecule has 2 N–H and O–H groups in total. The number of nitrogens with zero attached hydrogens (tertiary/aromatic N) is 1. The molecule has 0 aliphatic rings. The number of benzene rings is 2. The van der Waals surface area contributed by atoms with E-state index >= 15 is 0 Å². The Labute approximate surface area is 107 Å². The van der Waals surface area contributed by atoms with Crippen molar-refractivity contribution in [2.45, 2.75) is 0 Å². The maximum Gasteiger partial charge on any atom is 0.335 e. The highest BCUT2D eigenvalue weighted by molar-refractivity contribution is 5.88. The van der Waals surface area contributed by atoms with E-state index in [-0.39, 0.29) is 11.3 Å². The molecule has 0 amide bonds. The van der Waals surface area contributed by atoms with Gasteiger partial charge in [-0.3, -0.25) is 10.1 Å². The Balaban J connectivity index is 2.44. The van der Waals surface area contributed by atoms with E-state index in [0.29, 0.717) is 11.1 Å². The van der Waals surface area contributed by atoms with Crippen molar-refractivity contribution in [1.82, 2.24) is 0 Å². The van der Waals surface area contributed by atoms with Gasteiger partial charge in [0.15, 0.2) is 5.75 Å². The molecule has 6 nitrogen and oxygen atoms in total. The second-order valence-corrected chi connectivity index (χ2v) is 3.84. The van der Waals surface area contributed by atoms with E-state index in [4.69, 9.17) is 5.11 Å². The average Bonchev–Trinajstić information content (AvgIpc) is 2.39. The van der Waals surface area contributed by atoms with Crippen LogP contribution in [0.15, 0.2) is 42.5 Å². The molecule has 19 heavy (non-hydrogen) atoms. The van der Waals surface area contributed by atoms with Gasteiger partial charge in [-0.15, -0.1) is 0 Å². The maximum absolute atomic E-state index is 10.7. The van der Waals surface area contributed by atoms with Gasteiger partial charge in [0.25, 0.3) is 0 Å². The number of carboxylic acids is 1. The summed E-state index contributed by atoms with van der Waals surface area (Å²) in [5.41, 5.74) is 0.909. The molecule has 0 radical (unpaired) electrons. The number of phenols is 1. The smallest absolute Gasteiger partial charge is 0.335 e. The first kappa shape index (κ1) is 12.6. The summed E-state index contributed by atoms with van der Waals surface area (Å²) in [6, 6.07) is 9.94. The number of hydrogen-bond donors (Lipinski definition) is 2. The number of nitro groups is 1. The molecule has 0 heterocycles. The molecule has 0 saturated carbocycles. The van der Waals surface area contributed by atoms with E-state index in [2.05, 4.69) is 0 Å². The number of aromatic carboxylic acids is 1. The Morgan fingerprint density at radius 2 is 1.63 bits per heavy atom. The van der Waals surface area contributed by atoms with Crippen molar-refractivity contribution in [2.24, 2.45) is 0 Å².